The molecule has 3 nitrogen and oxygen atoms in total. The van der Waals surface area contributed by atoms with Gasteiger partial charge >= 0.3 is 0 Å². The van der Waals surface area contributed by atoms with Crippen LogP contribution in [0.5, 0.6) is 0 Å². The monoisotopic (exact) mass is 336 g/mol. The summed E-state index contributed by atoms with van der Waals surface area (Å²) in [5.74, 6) is 0.0591. The number of thiophene rings is 1. The van der Waals surface area contributed by atoms with E-state index < -0.39 is 10.8 Å². The highest BCUT2D eigenvalue weighted by Gasteiger charge is 2.30. The molecule has 0 amide bonds. The van der Waals surface area contributed by atoms with E-state index in [9.17, 15) is 9.00 Å². The van der Waals surface area contributed by atoms with E-state index in [-0.39, 0.29) is 22.9 Å². The van der Waals surface area contributed by atoms with Crippen molar-refractivity contribution in [3.05, 3.63) is 20.8 Å². The highest BCUT2D eigenvalue weighted by Crippen LogP contribution is 2.24. The third-order valence-electron chi connectivity index (χ3n) is 2.77. The van der Waals surface area contributed by atoms with E-state index >= 15 is 0 Å². The molecular weight excluding hydrogens is 324 g/mol. The van der Waals surface area contributed by atoms with Gasteiger partial charge in [0.15, 0.2) is 5.78 Å². The third-order valence-corrected chi connectivity index (χ3v) is 6.27. The van der Waals surface area contributed by atoms with Gasteiger partial charge in [0.25, 0.3) is 0 Å². The molecule has 1 aliphatic heterocycles. The van der Waals surface area contributed by atoms with Crippen molar-refractivity contribution in [1.82, 2.24) is 0 Å². The zero-order chi connectivity index (χ0) is 12.4. The Kier molecular flexibility index (Phi) is 4.52. The minimum absolute atomic E-state index is 0.00120. The topological polar surface area (TPSA) is 43.4 Å². The molecule has 1 aromatic heterocycles. The first-order valence-electron chi connectivity index (χ1n) is 5.35. The summed E-state index contributed by atoms with van der Waals surface area (Å²) in [5, 5.41) is 0.00218. The summed E-state index contributed by atoms with van der Waals surface area (Å²) >= 11 is 4.70. The number of ether oxygens (including phenoxy) is 1. The lowest BCUT2D eigenvalue weighted by Gasteiger charge is -2.12. The standard InChI is InChI=1S/C11H13BrO3S2/c1-7-10(4-5-15-7)17(14)6-8(13)9-2-3-11(12)16-9/h2-3,7,10H,4-6H2,1H3. The largest absolute Gasteiger partial charge is 0.377 e. The van der Waals surface area contributed by atoms with Crippen molar-refractivity contribution >= 4 is 43.8 Å². The number of carbonyl (C=O) groups excluding carboxylic acids is 1. The Morgan fingerprint density at radius 3 is 2.94 bits per heavy atom. The van der Waals surface area contributed by atoms with E-state index in [0.717, 1.165) is 10.2 Å². The molecule has 1 aliphatic rings. The minimum atomic E-state index is -1.13. The van der Waals surface area contributed by atoms with Crippen molar-refractivity contribution in [2.45, 2.75) is 24.7 Å². The third kappa shape index (κ3) is 3.24. The number of Topliss-reactive ketones (excluding diaryl/α,β-unsaturated/α-hetero) is 1. The highest BCUT2D eigenvalue weighted by atomic mass is 79.9. The maximum Gasteiger partial charge on any atom is 0.185 e. The van der Waals surface area contributed by atoms with Crippen molar-refractivity contribution in [2.24, 2.45) is 0 Å². The molecule has 0 saturated carbocycles. The molecule has 3 atom stereocenters. The quantitative estimate of drug-likeness (QED) is 0.794. The molecule has 94 valence electrons. The van der Waals surface area contributed by atoms with Crippen LogP contribution in [0.4, 0.5) is 0 Å². The first-order valence-corrected chi connectivity index (χ1v) is 8.34. The Hall–Kier alpha value is -0.0400. The number of ketones is 1. The smallest absolute Gasteiger partial charge is 0.185 e. The summed E-state index contributed by atoms with van der Waals surface area (Å²) in [7, 11) is -1.13. The average molecular weight is 337 g/mol. The molecule has 0 N–H and O–H groups in total. The first kappa shape index (κ1) is 13.4. The number of hydrogen-bond acceptors (Lipinski definition) is 4. The maximum absolute atomic E-state index is 12.0. The minimum Gasteiger partial charge on any atom is -0.377 e. The number of hydrogen-bond donors (Lipinski definition) is 0. The second-order valence-electron chi connectivity index (χ2n) is 3.96. The van der Waals surface area contributed by atoms with Gasteiger partial charge in [-0.1, -0.05) is 0 Å². The van der Waals surface area contributed by atoms with E-state index in [1.54, 1.807) is 6.07 Å². The lowest BCUT2D eigenvalue weighted by Crippen LogP contribution is -2.27. The summed E-state index contributed by atoms with van der Waals surface area (Å²) in [6, 6.07) is 3.60. The summed E-state index contributed by atoms with van der Waals surface area (Å²) in [6.07, 6.45) is 0.786. The van der Waals surface area contributed by atoms with Gasteiger partial charge in [-0.05, 0) is 41.4 Å². The van der Waals surface area contributed by atoms with Crippen molar-refractivity contribution in [2.75, 3.05) is 12.4 Å². The second kappa shape index (κ2) is 5.73. The molecule has 1 fully saturated rings. The molecule has 17 heavy (non-hydrogen) atoms. The molecule has 1 saturated heterocycles. The predicted octanol–water partition coefficient (Wildman–Crippen LogP) is 2.62. The fourth-order valence-electron chi connectivity index (χ4n) is 1.83. The summed E-state index contributed by atoms with van der Waals surface area (Å²) in [5.41, 5.74) is 0. The molecule has 2 heterocycles. The zero-order valence-corrected chi connectivity index (χ0v) is 12.6. The van der Waals surface area contributed by atoms with Crippen LogP contribution < -0.4 is 0 Å². The van der Waals surface area contributed by atoms with Gasteiger partial charge in [-0.15, -0.1) is 11.3 Å². The van der Waals surface area contributed by atoms with Crippen molar-refractivity contribution < 1.29 is 13.7 Å². The van der Waals surface area contributed by atoms with Gasteiger partial charge in [-0.3, -0.25) is 9.00 Å². The van der Waals surface area contributed by atoms with Gasteiger partial charge in [-0.2, -0.15) is 0 Å². The van der Waals surface area contributed by atoms with Crippen LogP contribution in [-0.4, -0.2) is 33.7 Å². The number of rotatable bonds is 4. The molecule has 0 aromatic carbocycles. The molecule has 1 aromatic rings. The van der Waals surface area contributed by atoms with Gasteiger partial charge in [0, 0.05) is 17.4 Å². The molecule has 0 spiro atoms. The Morgan fingerprint density at radius 2 is 2.41 bits per heavy atom. The van der Waals surface area contributed by atoms with E-state index in [2.05, 4.69) is 15.9 Å². The normalized spacial score (nSPS) is 26.0. The Balaban J connectivity index is 1.97. The van der Waals surface area contributed by atoms with Gasteiger partial charge in [-0.25, -0.2) is 0 Å². The molecule has 6 heteroatoms. The fraction of sp³-hybridized carbons (Fsp3) is 0.545. The van der Waals surface area contributed by atoms with Crippen molar-refractivity contribution in [3.63, 3.8) is 0 Å². The van der Waals surface area contributed by atoms with Crippen molar-refractivity contribution in [3.8, 4) is 0 Å². The van der Waals surface area contributed by atoms with Gasteiger partial charge in [0.1, 0.15) is 0 Å². The zero-order valence-electron chi connectivity index (χ0n) is 9.35. The lowest BCUT2D eigenvalue weighted by molar-refractivity contribution is 0.102. The Bertz CT molecular complexity index is 444. The molecule has 3 unspecified atom stereocenters. The predicted molar refractivity (Wildman–Crippen MR) is 73.2 cm³/mol. The molecular formula is C11H13BrO3S2. The van der Waals surface area contributed by atoms with Crippen LogP contribution in [0, 0.1) is 0 Å². The number of carbonyl (C=O) groups is 1. The number of halogens is 1. The van der Waals surface area contributed by atoms with E-state index in [1.165, 1.54) is 11.3 Å². The van der Waals surface area contributed by atoms with Crippen LogP contribution in [0.1, 0.15) is 23.0 Å². The van der Waals surface area contributed by atoms with Crippen LogP contribution in [0.15, 0.2) is 15.9 Å². The average Bonchev–Trinajstić information content (AvgIpc) is 2.86. The van der Waals surface area contributed by atoms with Crippen LogP contribution >= 0.6 is 27.3 Å². The molecule has 2 rings (SSSR count). The van der Waals surface area contributed by atoms with Gasteiger partial charge in [0.05, 0.1) is 25.8 Å². The SMILES string of the molecule is CC1OCCC1S(=O)CC(=O)c1ccc(Br)s1. The first-order chi connectivity index (χ1) is 8.08. The van der Waals surface area contributed by atoms with Gasteiger partial charge in [0.2, 0.25) is 0 Å². The Morgan fingerprint density at radius 1 is 1.65 bits per heavy atom. The van der Waals surface area contributed by atoms with Crippen LogP contribution in [0.2, 0.25) is 0 Å². The van der Waals surface area contributed by atoms with Crippen LogP contribution in [0.25, 0.3) is 0 Å². The summed E-state index contributed by atoms with van der Waals surface area (Å²) in [6.45, 7) is 2.57. The van der Waals surface area contributed by atoms with Crippen molar-refractivity contribution in [1.29, 1.82) is 0 Å². The van der Waals surface area contributed by atoms with E-state index in [1.807, 2.05) is 13.0 Å². The summed E-state index contributed by atoms with van der Waals surface area (Å²) < 4.78 is 18.3. The van der Waals surface area contributed by atoms with Crippen LogP contribution in [0.3, 0.4) is 0 Å². The van der Waals surface area contributed by atoms with E-state index in [0.29, 0.717) is 11.5 Å². The molecule has 0 radical (unpaired) electrons. The van der Waals surface area contributed by atoms with E-state index in [4.69, 9.17) is 4.74 Å². The Labute approximate surface area is 115 Å². The lowest BCUT2D eigenvalue weighted by atomic mass is 10.3. The molecule has 0 bridgehead atoms. The molecule has 0 aliphatic carbocycles. The second-order valence-corrected chi connectivity index (χ2v) is 8.07. The highest BCUT2D eigenvalue weighted by molar-refractivity contribution is 9.11. The summed E-state index contributed by atoms with van der Waals surface area (Å²) in [4.78, 5) is 12.6. The maximum atomic E-state index is 12.0. The van der Waals surface area contributed by atoms with Gasteiger partial charge < -0.3 is 4.74 Å². The van der Waals surface area contributed by atoms with Crippen LogP contribution in [-0.2, 0) is 15.5 Å². The fourth-order valence-corrected chi connectivity index (χ4v) is 4.74.